The average Bonchev–Trinajstić information content (AvgIpc) is 3.36. The highest BCUT2D eigenvalue weighted by molar-refractivity contribution is 5.90. The molecular formula is C24H28N2O7. The number of aromatic hydroxyl groups is 1. The van der Waals surface area contributed by atoms with Crippen LogP contribution in [0.15, 0.2) is 24.8 Å². The van der Waals surface area contributed by atoms with Crippen LogP contribution in [0.3, 0.4) is 0 Å². The van der Waals surface area contributed by atoms with Gasteiger partial charge in [-0.05, 0) is 37.3 Å². The van der Waals surface area contributed by atoms with Crippen molar-refractivity contribution in [1.29, 1.82) is 0 Å². The zero-order valence-corrected chi connectivity index (χ0v) is 18.2. The minimum absolute atomic E-state index is 0.0408. The van der Waals surface area contributed by atoms with Crippen molar-refractivity contribution in [2.45, 2.75) is 67.7 Å². The van der Waals surface area contributed by atoms with Crippen molar-refractivity contribution in [2.75, 3.05) is 13.1 Å². The third kappa shape index (κ3) is 2.95. The zero-order chi connectivity index (χ0) is 23.5. The molecule has 4 N–H and O–H groups in total. The highest BCUT2D eigenvalue weighted by Crippen LogP contribution is 2.64. The Morgan fingerprint density at radius 1 is 1.30 bits per heavy atom. The van der Waals surface area contributed by atoms with Gasteiger partial charge in [-0.25, -0.2) is 4.79 Å². The number of carbonyl (C=O) groups excluding carboxylic acids is 2. The number of hydrogen-bond acceptors (Lipinski definition) is 7. The molecule has 0 unspecified atom stereocenters. The summed E-state index contributed by atoms with van der Waals surface area (Å²) in [7, 11) is 0. The van der Waals surface area contributed by atoms with Gasteiger partial charge in [0.25, 0.3) is 0 Å². The molecule has 5 aliphatic rings. The summed E-state index contributed by atoms with van der Waals surface area (Å²) in [5, 5.41) is 32.7. The standard InChI is InChI=1S/C19H21NO4.C5H7NO3/c1-2-8-20-9-7-18-15-11-3-4-12(21)16(15)24-17(18)13(22)5-6-19(18,23)14(20)10-11;7-4-2-1-3(6-4)5(8)9/h2-4,14,17,21,23H,1,5-10H2;3H,1-2H2,(H,6,7)(H,8,9)/t14-,17+,18+,19-;3-/m10/s1. The normalized spacial score (nSPS) is 35.6. The molecule has 3 heterocycles. The third-order valence-electron chi connectivity index (χ3n) is 8.03. The van der Waals surface area contributed by atoms with E-state index in [2.05, 4.69) is 16.8 Å². The average molecular weight is 456 g/mol. The number of phenols is 1. The van der Waals surface area contributed by atoms with Crippen LogP contribution in [0.4, 0.5) is 0 Å². The van der Waals surface area contributed by atoms with E-state index in [0.717, 1.165) is 24.2 Å². The number of amides is 1. The summed E-state index contributed by atoms with van der Waals surface area (Å²) in [5.41, 5.74) is 0.256. The lowest BCUT2D eigenvalue weighted by Crippen LogP contribution is -2.76. The first-order valence-corrected chi connectivity index (χ1v) is 11.4. The first kappa shape index (κ1) is 21.9. The topological polar surface area (TPSA) is 136 Å². The van der Waals surface area contributed by atoms with Crippen molar-refractivity contribution in [3.05, 3.63) is 35.9 Å². The van der Waals surface area contributed by atoms with Crippen molar-refractivity contribution >= 4 is 17.7 Å². The van der Waals surface area contributed by atoms with Gasteiger partial charge in [-0.1, -0.05) is 12.1 Å². The highest BCUT2D eigenvalue weighted by atomic mass is 16.5. The number of aliphatic hydroxyl groups is 1. The van der Waals surface area contributed by atoms with Gasteiger partial charge in [-0.15, -0.1) is 6.58 Å². The van der Waals surface area contributed by atoms with Gasteiger partial charge in [-0.3, -0.25) is 14.5 Å². The van der Waals surface area contributed by atoms with Crippen LogP contribution < -0.4 is 10.1 Å². The molecule has 1 aromatic carbocycles. The molecule has 1 saturated carbocycles. The van der Waals surface area contributed by atoms with E-state index in [-0.39, 0.29) is 23.5 Å². The van der Waals surface area contributed by atoms with E-state index >= 15 is 0 Å². The molecule has 0 radical (unpaired) electrons. The smallest absolute Gasteiger partial charge is 0.326 e. The molecule has 6 rings (SSSR count). The monoisotopic (exact) mass is 456 g/mol. The number of nitrogens with zero attached hydrogens (tertiary/aromatic N) is 1. The van der Waals surface area contributed by atoms with Crippen LogP contribution in [0.25, 0.3) is 0 Å². The van der Waals surface area contributed by atoms with Crippen molar-refractivity contribution in [3.63, 3.8) is 0 Å². The quantitative estimate of drug-likeness (QED) is 0.487. The molecule has 9 nitrogen and oxygen atoms in total. The predicted octanol–water partition coefficient (Wildman–Crippen LogP) is 0.651. The molecule has 1 aromatic rings. The number of Topliss-reactive ketones (excluding diaryl/α,β-unsaturated/α-hetero) is 1. The van der Waals surface area contributed by atoms with Crippen LogP contribution in [0.5, 0.6) is 11.5 Å². The molecule has 3 fully saturated rings. The van der Waals surface area contributed by atoms with E-state index in [1.54, 1.807) is 6.07 Å². The molecule has 33 heavy (non-hydrogen) atoms. The summed E-state index contributed by atoms with van der Waals surface area (Å²) >= 11 is 0. The minimum Gasteiger partial charge on any atom is -0.504 e. The van der Waals surface area contributed by atoms with Gasteiger partial charge in [-0.2, -0.15) is 0 Å². The number of benzene rings is 1. The number of carbonyl (C=O) groups is 3. The minimum atomic E-state index is -1.00. The van der Waals surface area contributed by atoms with E-state index in [9.17, 15) is 24.6 Å². The molecular weight excluding hydrogens is 428 g/mol. The van der Waals surface area contributed by atoms with Crippen molar-refractivity contribution in [2.24, 2.45) is 0 Å². The molecule has 2 saturated heterocycles. The molecule has 9 heteroatoms. The maximum Gasteiger partial charge on any atom is 0.326 e. The lowest BCUT2D eigenvalue weighted by molar-refractivity contribution is -0.187. The van der Waals surface area contributed by atoms with Crippen molar-refractivity contribution in [3.8, 4) is 11.5 Å². The molecule has 0 aromatic heterocycles. The molecule has 2 aliphatic carbocycles. The van der Waals surface area contributed by atoms with E-state index < -0.39 is 29.1 Å². The second kappa shape index (κ2) is 7.56. The van der Waals surface area contributed by atoms with Crippen LogP contribution in [0.2, 0.25) is 0 Å². The van der Waals surface area contributed by atoms with Gasteiger partial charge in [0, 0.05) is 37.5 Å². The fourth-order valence-electron chi connectivity index (χ4n) is 6.60. The summed E-state index contributed by atoms with van der Waals surface area (Å²) < 4.78 is 5.98. The Bertz CT molecular complexity index is 1060. The third-order valence-corrected chi connectivity index (χ3v) is 8.03. The summed E-state index contributed by atoms with van der Waals surface area (Å²) in [6.45, 7) is 5.36. The van der Waals surface area contributed by atoms with Crippen molar-refractivity contribution < 1.29 is 34.4 Å². The number of carboxylic acids is 1. The van der Waals surface area contributed by atoms with Gasteiger partial charge in [0.1, 0.15) is 6.04 Å². The number of hydrogen-bond donors (Lipinski definition) is 4. The van der Waals surface area contributed by atoms with Gasteiger partial charge < -0.3 is 25.4 Å². The van der Waals surface area contributed by atoms with Crippen LogP contribution in [0.1, 0.15) is 43.2 Å². The maximum atomic E-state index is 12.6. The van der Waals surface area contributed by atoms with Gasteiger partial charge in [0.2, 0.25) is 5.91 Å². The Labute approximate surface area is 191 Å². The number of aliphatic carboxylic acids is 1. The van der Waals surface area contributed by atoms with E-state index in [4.69, 9.17) is 9.84 Å². The number of piperidine rings is 1. The SMILES string of the molecule is C=CCN1CC[C@]23c4c5ccc(O)c4O[C@H]2C(=O)CC[C@@]3(O)[C@H]1C5.O=C1CC[C@@H](C(=O)O)N1. The number of likely N-dealkylation sites (tertiary alicyclic amines) is 1. The summed E-state index contributed by atoms with van der Waals surface area (Å²) in [4.78, 5) is 35.4. The first-order valence-electron chi connectivity index (χ1n) is 11.4. The Hall–Kier alpha value is -2.91. The Balaban J connectivity index is 0.000000215. The number of ether oxygens (including phenoxy) is 1. The molecule has 5 atom stereocenters. The van der Waals surface area contributed by atoms with Crippen LogP contribution in [-0.4, -0.2) is 74.8 Å². The van der Waals surface area contributed by atoms with E-state index in [1.807, 2.05) is 12.1 Å². The van der Waals surface area contributed by atoms with E-state index in [1.165, 1.54) is 0 Å². The fraction of sp³-hybridized carbons (Fsp3) is 0.542. The predicted molar refractivity (Wildman–Crippen MR) is 116 cm³/mol. The van der Waals surface area contributed by atoms with Crippen LogP contribution >= 0.6 is 0 Å². The lowest BCUT2D eigenvalue weighted by atomic mass is 9.49. The number of ketones is 1. The van der Waals surface area contributed by atoms with Crippen LogP contribution in [-0.2, 0) is 26.2 Å². The summed E-state index contributed by atoms with van der Waals surface area (Å²) in [6.07, 6.45) is 4.12. The summed E-state index contributed by atoms with van der Waals surface area (Å²) in [6, 6.07) is 2.87. The Kier molecular flexibility index (Phi) is 5.02. The maximum absolute atomic E-state index is 12.6. The second-order valence-corrected chi connectivity index (χ2v) is 9.56. The van der Waals surface area contributed by atoms with Crippen LogP contribution in [0, 0.1) is 0 Å². The molecule has 176 valence electrons. The van der Waals surface area contributed by atoms with Gasteiger partial charge >= 0.3 is 5.97 Å². The first-order chi connectivity index (χ1) is 15.7. The molecule has 1 spiro atoms. The largest absolute Gasteiger partial charge is 0.504 e. The van der Waals surface area contributed by atoms with Gasteiger partial charge in [0.15, 0.2) is 23.4 Å². The summed E-state index contributed by atoms with van der Waals surface area (Å²) in [5.74, 6) is -0.580. The highest BCUT2D eigenvalue weighted by Gasteiger charge is 2.73. The number of rotatable bonds is 3. The Morgan fingerprint density at radius 2 is 2.09 bits per heavy atom. The number of carboxylic acid groups (broad SMARTS) is 1. The van der Waals surface area contributed by atoms with Crippen molar-refractivity contribution in [1.82, 2.24) is 10.2 Å². The zero-order valence-electron chi connectivity index (χ0n) is 18.2. The molecule has 2 bridgehead atoms. The van der Waals surface area contributed by atoms with Gasteiger partial charge in [0.05, 0.1) is 11.0 Å². The Morgan fingerprint density at radius 3 is 2.73 bits per heavy atom. The second-order valence-electron chi connectivity index (χ2n) is 9.56. The fourth-order valence-corrected chi connectivity index (χ4v) is 6.60. The lowest BCUT2D eigenvalue weighted by Gasteiger charge is -2.62. The number of phenolic OH excluding ortho intramolecular Hbond substituents is 1. The number of nitrogens with one attached hydrogen (secondary N) is 1. The van der Waals surface area contributed by atoms with E-state index in [0.29, 0.717) is 44.3 Å². The molecule has 1 amide bonds. The molecule has 3 aliphatic heterocycles.